The molecule has 4 rings (SSSR count). The van der Waals surface area contributed by atoms with Crippen molar-refractivity contribution in [3.8, 4) is 11.5 Å². The van der Waals surface area contributed by atoms with Crippen LogP contribution >= 0.6 is 0 Å². The number of carbonyl (C=O) groups excluding carboxylic acids is 2. The number of ether oxygens (including phenoxy) is 1. The summed E-state index contributed by atoms with van der Waals surface area (Å²) >= 11 is 0. The smallest absolute Gasteiger partial charge is 0.338 e. The van der Waals surface area contributed by atoms with Gasteiger partial charge in [0, 0.05) is 18.2 Å². The van der Waals surface area contributed by atoms with Gasteiger partial charge in [0.1, 0.15) is 0 Å². The summed E-state index contributed by atoms with van der Waals surface area (Å²) in [5.41, 5.74) is 1.11. The van der Waals surface area contributed by atoms with Crippen LogP contribution < -0.4 is 0 Å². The molecule has 27 heavy (non-hydrogen) atoms. The van der Waals surface area contributed by atoms with E-state index in [1.54, 1.807) is 24.3 Å². The molecular weight excluding hydrogens is 346 g/mol. The molecule has 0 spiro atoms. The Hall–Kier alpha value is -2.70. The molecule has 1 saturated heterocycles. The molecule has 0 unspecified atom stereocenters. The quantitative estimate of drug-likeness (QED) is 0.770. The number of likely N-dealkylation sites (tertiary alicyclic amines) is 1. The van der Waals surface area contributed by atoms with Gasteiger partial charge in [0.15, 0.2) is 6.61 Å². The maximum atomic E-state index is 12.6. The topological polar surface area (TPSA) is 85.5 Å². The Morgan fingerprint density at radius 1 is 1.11 bits per heavy atom. The monoisotopic (exact) mass is 369 g/mol. The third kappa shape index (κ3) is 3.86. The summed E-state index contributed by atoms with van der Waals surface area (Å²) in [6, 6.07) is 7.01. The predicted molar refractivity (Wildman–Crippen MR) is 96.7 cm³/mol. The standard InChI is InChI=1S/C20H23N3O4/c24-18(23-11-3-5-14-4-1-2-6-17(14)23)12-26-20(25)16-9-7-15(8-10-16)19-22-21-13-27-19/h7-10,13-14,17H,1-6,11-12H2/t14-,17+/m0/s1. The van der Waals surface area contributed by atoms with Crippen molar-refractivity contribution >= 4 is 11.9 Å². The number of piperidine rings is 1. The van der Waals surface area contributed by atoms with Crippen molar-refractivity contribution in [1.82, 2.24) is 15.1 Å². The largest absolute Gasteiger partial charge is 0.452 e. The summed E-state index contributed by atoms with van der Waals surface area (Å²) in [4.78, 5) is 26.8. The van der Waals surface area contributed by atoms with Crippen molar-refractivity contribution in [1.29, 1.82) is 0 Å². The average molecular weight is 369 g/mol. The van der Waals surface area contributed by atoms with Gasteiger partial charge >= 0.3 is 5.97 Å². The summed E-state index contributed by atoms with van der Waals surface area (Å²) < 4.78 is 10.4. The lowest BCUT2D eigenvalue weighted by atomic mass is 9.78. The van der Waals surface area contributed by atoms with E-state index in [4.69, 9.17) is 9.15 Å². The minimum absolute atomic E-state index is 0.0811. The molecule has 0 bridgehead atoms. The lowest BCUT2D eigenvalue weighted by Gasteiger charge is -2.44. The van der Waals surface area contributed by atoms with E-state index in [0.717, 1.165) is 24.9 Å². The van der Waals surface area contributed by atoms with E-state index in [0.29, 0.717) is 23.4 Å². The van der Waals surface area contributed by atoms with Crippen LogP contribution in [0.1, 0.15) is 48.9 Å². The molecule has 2 aliphatic rings. The number of nitrogens with zero attached hydrogens (tertiary/aromatic N) is 3. The highest BCUT2D eigenvalue weighted by Crippen LogP contribution is 2.35. The lowest BCUT2D eigenvalue weighted by Crippen LogP contribution is -2.50. The number of hydrogen-bond donors (Lipinski definition) is 0. The summed E-state index contributed by atoms with van der Waals surface area (Å²) in [7, 11) is 0. The highest BCUT2D eigenvalue weighted by atomic mass is 16.5. The Bertz CT molecular complexity index is 786. The average Bonchev–Trinajstić information content (AvgIpc) is 3.26. The fourth-order valence-corrected chi connectivity index (χ4v) is 4.28. The number of esters is 1. The number of aromatic nitrogens is 2. The minimum atomic E-state index is -0.502. The molecule has 7 nitrogen and oxygen atoms in total. The van der Waals surface area contributed by atoms with E-state index in [9.17, 15) is 9.59 Å². The molecule has 1 aliphatic heterocycles. The maximum Gasteiger partial charge on any atom is 0.338 e. The number of hydrogen-bond acceptors (Lipinski definition) is 6. The van der Waals surface area contributed by atoms with Crippen LogP contribution in [0.15, 0.2) is 35.1 Å². The Kier molecular flexibility index (Phi) is 5.18. The van der Waals surface area contributed by atoms with Gasteiger partial charge in [0.2, 0.25) is 12.3 Å². The van der Waals surface area contributed by atoms with Gasteiger partial charge in [-0.3, -0.25) is 4.79 Å². The van der Waals surface area contributed by atoms with Gasteiger partial charge in [0.05, 0.1) is 5.56 Å². The third-order valence-corrected chi connectivity index (χ3v) is 5.62. The molecule has 0 radical (unpaired) electrons. The van der Waals surface area contributed by atoms with Gasteiger partial charge in [-0.05, 0) is 55.9 Å². The second kappa shape index (κ2) is 7.90. The first-order valence-corrected chi connectivity index (χ1v) is 9.55. The molecule has 1 saturated carbocycles. The normalized spacial score (nSPS) is 22.1. The van der Waals surface area contributed by atoms with Crippen LogP contribution in [-0.2, 0) is 9.53 Å². The molecule has 1 aromatic heterocycles. The molecule has 1 amide bonds. The van der Waals surface area contributed by atoms with Crippen LogP contribution in [0.4, 0.5) is 0 Å². The highest BCUT2D eigenvalue weighted by Gasteiger charge is 2.35. The molecule has 142 valence electrons. The van der Waals surface area contributed by atoms with Crippen molar-refractivity contribution in [2.75, 3.05) is 13.2 Å². The zero-order chi connectivity index (χ0) is 18.6. The molecule has 7 heteroatoms. The third-order valence-electron chi connectivity index (χ3n) is 5.62. The first-order chi connectivity index (χ1) is 13.2. The summed E-state index contributed by atoms with van der Waals surface area (Å²) in [5, 5.41) is 7.45. The summed E-state index contributed by atoms with van der Waals surface area (Å²) in [6.07, 6.45) is 8.22. The number of carbonyl (C=O) groups is 2. The molecule has 2 heterocycles. The van der Waals surface area contributed by atoms with E-state index in [1.807, 2.05) is 4.90 Å². The van der Waals surface area contributed by atoms with Crippen molar-refractivity contribution in [2.24, 2.45) is 5.92 Å². The zero-order valence-electron chi connectivity index (χ0n) is 15.2. The van der Waals surface area contributed by atoms with Gasteiger partial charge < -0.3 is 14.1 Å². The molecule has 2 aromatic rings. The van der Waals surface area contributed by atoms with E-state index in [1.165, 1.54) is 32.1 Å². The second-order valence-corrected chi connectivity index (χ2v) is 7.24. The van der Waals surface area contributed by atoms with E-state index in [2.05, 4.69) is 10.2 Å². The summed E-state index contributed by atoms with van der Waals surface area (Å²) in [6.45, 7) is 0.573. The van der Waals surface area contributed by atoms with E-state index in [-0.39, 0.29) is 12.5 Å². The lowest BCUT2D eigenvalue weighted by molar-refractivity contribution is -0.140. The predicted octanol–water partition coefficient (Wildman–Crippen LogP) is 3.07. The molecular formula is C20H23N3O4. The molecule has 1 aromatic carbocycles. The first-order valence-electron chi connectivity index (χ1n) is 9.55. The van der Waals surface area contributed by atoms with Gasteiger partial charge in [-0.15, -0.1) is 10.2 Å². The van der Waals surface area contributed by atoms with Gasteiger partial charge in [-0.1, -0.05) is 12.8 Å². The Labute approximate surface area is 157 Å². The van der Waals surface area contributed by atoms with Crippen LogP contribution in [0, 0.1) is 5.92 Å². The Morgan fingerprint density at radius 2 is 1.89 bits per heavy atom. The second-order valence-electron chi connectivity index (χ2n) is 7.24. The van der Waals surface area contributed by atoms with Crippen LogP contribution in [0.5, 0.6) is 0 Å². The van der Waals surface area contributed by atoms with Crippen molar-refractivity contribution in [3.05, 3.63) is 36.2 Å². The molecule has 2 atom stereocenters. The number of fused-ring (bicyclic) bond motifs is 1. The van der Waals surface area contributed by atoms with Crippen molar-refractivity contribution < 1.29 is 18.7 Å². The van der Waals surface area contributed by atoms with Crippen molar-refractivity contribution in [3.63, 3.8) is 0 Å². The van der Waals surface area contributed by atoms with Crippen LogP contribution in [0.25, 0.3) is 11.5 Å². The van der Waals surface area contributed by atoms with E-state index < -0.39 is 5.97 Å². The van der Waals surface area contributed by atoms with Gasteiger partial charge in [-0.2, -0.15) is 0 Å². The number of benzene rings is 1. The highest BCUT2D eigenvalue weighted by molar-refractivity contribution is 5.91. The first kappa shape index (κ1) is 17.7. The van der Waals surface area contributed by atoms with Crippen LogP contribution in [-0.4, -0.2) is 46.2 Å². The van der Waals surface area contributed by atoms with Gasteiger partial charge in [-0.25, -0.2) is 4.79 Å². The van der Waals surface area contributed by atoms with E-state index >= 15 is 0 Å². The Morgan fingerprint density at radius 3 is 2.67 bits per heavy atom. The van der Waals surface area contributed by atoms with Crippen LogP contribution in [0.2, 0.25) is 0 Å². The fourth-order valence-electron chi connectivity index (χ4n) is 4.28. The fraction of sp³-hybridized carbons (Fsp3) is 0.500. The SMILES string of the molecule is O=C(OCC(=O)N1CCC[C@@H]2CCCC[C@H]21)c1ccc(-c2nnco2)cc1. The Balaban J connectivity index is 1.34. The zero-order valence-corrected chi connectivity index (χ0v) is 15.2. The molecule has 1 aliphatic carbocycles. The number of rotatable bonds is 4. The molecule has 0 N–H and O–H groups in total. The molecule has 2 fully saturated rings. The van der Waals surface area contributed by atoms with Crippen LogP contribution in [0.3, 0.4) is 0 Å². The van der Waals surface area contributed by atoms with Crippen molar-refractivity contribution in [2.45, 2.75) is 44.6 Å². The number of amides is 1. The van der Waals surface area contributed by atoms with Gasteiger partial charge in [0.25, 0.3) is 5.91 Å². The minimum Gasteiger partial charge on any atom is -0.452 e. The maximum absolute atomic E-state index is 12.6. The summed E-state index contributed by atoms with van der Waals surface area (Å²) in [5.74, 6) is 0.418.